The molecule has 2 saturated heterocycles. The maximum atomic E-state index is 12.3. The molecule has 24 heavy (non-hydrogen) atoms. The van der Waals surface area contributed by atoms with E-state index < -0.39 is 0 Å². The average Bonchev–Trinajstić information content (AvgIpc) is 3.01. The Balaban J connectivity index is 0.00000208. The highest BCUT2D eigenvalue weighted by atomic mass is 35.5. The van der Waals surface area contributed by atoms with Crippen molar-refractivity contribution in [2.24, 2.45) is 5.92 Å². The maximum absolute atomic E-state index is 12.3. The zero-order valence-electron chi connectivity index (χ0n) is 13.8. The van der Waals surface area contributed by atoms with Crippen LogP contribution in [0, 0.1) is 5.92 Å². The smallest absolute Gasteiger partial charge is 0.228 e. The molecule has 0 aromatic heterocycles. The number of piperidine rings is 1. The molecule has 0 radical (unpaired) electrons. The summed E-state index contributed by atoms with van der Waals surface area (Å²) in [4.78, 5) is 26.0. The van der Waals surface area contributed by atoms with Crippen molar-refractivity contribution in [1.29, 1.82) is 0 Å². The van der Waals surface area contributed by atoms with Crippen molar-refractivity contribution in [2.45, 2.75) is 25.7 Å². The number of halogens is 1. The molecule has 2 aliphatic rings. The van der Waals surface area contributed by atoms with Crippen molar-refractivity contribution in [2.75, 3.05) is 37.0 Å². The van der Waals surface area contributed by atoms with Gasteiger partial charge >= 0.3 is 0 Å². The molecule has 7 heteroatoms. The second-order valence-electron chi connectivity index (χ2n) is 6.07. The summed E-state index contributed by atoms with van der Waals surface area (Å²) in [5, 5.41) is 6.20. The topological polar surface area (TPSA) is 70.7 Å². The summed E-state index contributed by atoms with van der Waals surface area (Å²) in [7, 11) is 1.58. The van der Waals surface area contributed by atoms with E-state index >= 15 is 0 Å². The minimum atomic E-state index is 0. The van der Waals surface area contributed by atoms with E-state index in [1.807, 2.05) is 12.1 Å². The van der Waals surface area contributed by atoms with Gasteiger partial charge in [-0.1, -0.05) is 0 Å². The van der Waals surface area contributed by atoms with E-state index in [9.17, 15) is 9.59 Å². The van der Waals surface area contributed by atoms with Crippen LogP contribution in [-0.2, 0) is 9.59 Å². The van der Waals surface area contributed by atoms with E-state index in [1.165, 1.54) is 0 Å². The molecule has 1 atom stereocenters. The van der Waals surface area contributed by atoms with Crippen LogP contribution in [0.25, 0.3) is 0 Å². The first-order valence-electron chi connectivity index (χ1n) is 8.19. The van der Waals surface area contributed by atoms with Crippen LogP contribution >= 0.6 is 12.4 Å². The van der Waals surface area contributed by atoms with E-state index in [4.69, 9.17) is 4.74 Å². The van der Waals surface area contributed by atoms with E-state index in [-0.39, 0.29) is 30.1 Å². The molecule has 0 bridgehead atoms. The molecule has 1 aromatic rings. The Bertz CT molecular complexity index is 603. The number of carbonyl (C=O) groups excluding carboxylic acids is 2. The van der Waals surface area contributed by atoms with Gasteiger partial charge in [0, 0.05) is 31.3 Å². The highest BCUT2D eigenvalue weighted by Gasteiger charge is 2.25. The molecular weight excluding hydrogens is 330 g/mol. The van der Waals surface area contributed by atoms with Crippen molar-refractivity contribution in [3.63, 3.8) is 0 Å². The van der Waals surface area contributed by atoms with Gasteiger partial charge in [-0.3, -0.25) is 9.59 Å². The van der Waals surface area contributed by atoms with Gasteiger partial charge in [0.15, 0.2) is 0 Å². The Morgan fingerprint density at radius 1 is 1.38 bits per heavy atom. The lowest BCUT2D eigenvalue weighted by Crippen LogP contribution is -2.37. The van der Waals surface area contributed by atoms with Crippen molar-refractivity contribution >= 4 is 35.6 Å². The summed E-state index contributed by atoms with van der Waals surface area (Å²) in [6.07, 6.45) is 3.39. The van der Waals surface area contributed by atoms with Gasteiger partial charge in [0.1, 0.15) is 5.75 Å². The Morgan fingerprint density at radius 3 is 2.83 bits per heavy atom. The SMILES string of the molecule is COc1cc(NC(=O)[C@@H]2CCCNC2)ccc1N1CCCC1=O.Cl. The molecule has 0 unspecified atom stereocenters. The lowest BCUT2D eigenvalue weighted by Gasteiger charge is -2.23. The molecule has 2 amide bonds. The highest BCUT2D eigenvalue weighted by Crippen LogP contribution is 2.34. The number of benzene rings is 1. The van der Waals surface area contributed by atoms with Gasteiger partial charge in [-0.15, -0.1) is 12.4 Å². The third-order valence-electron chi connectivity index (χ3n) is 4.48. The maximum Gasteiger partial charge on any atom is 0.228 e. The van der Waals surface area contributed by atoms with Crippen LogP contribution in [0.15, 0.2) is 18.2 Å². The second-order valence-corrected chi connectivity index (χ2v) is 6.07. The Morgan fingerprint density at radius 2 is 2.21 bits per heavy atom. The van der Waals surface area contributed by atoms with Gasteiger partial charge in [0.25, 0.3) is 0 Å². The van der Waals surface area contributed by atoms with Crippen LogP contribution in [0.1, 0.15) is 25.7 Å². The number of nitrogens with zero attached hydrogens (tertiary/aromatic N) is 1. The highest BCUT2D eigenvalue weighted by molar-refractivity contribution is 5.98. The molecule has 0 saturated carbocycles. The quantitative estimate of drug-likeness (QED) is 0.870. The van der Waals surface area contributed by atoms with Gasteiger partial charge < -0.3 is 20.3 Å². The number of amides is 2. The predicted octanol–water partition coefficient (Wildman–Crippen LogP) is 2.18. The summed E-state index contributed by atoms with van der Waals surface area (Å²) < 4.78 is 5.42. The molecule has 0 aliphatic carbocycles. The summed E-state index contributed by atoms with van der Waals surface area (Å²) in [6, 6.07) is 5.46. The minimum Gasteiger partial charge on any atom is -0.494 e. The lowest BCUT2D eigenvalue weighted by molar-refractivity contribution is -0.120. The summed E-state index contributed by atoms with van der Waals surface area (Å²) in [5.41, 5.74) is 1.47. The van der Waals surface area contributed by atoms with Crippen LogP contribution in [0.3, 0.4) is 0 Å². The second kappa shape index (κ2) is 8.35. The number of hydrogen-bond acceptors (Lipinski definition) is 4. The zero-order chi connectivity index (χ0) is 16.2. The van der Waals surface area contributed by atoms with Crippen molar-refractivity contribution in [3.8, 4) is 5.75 Å². The van der Waals surface area contributed by atoms with E-state index in [2.05, 4.69) is 10.6 Å². The number of ether oxygens (including phenoxy) is 1. The van der Waals surface area contributed by atoms with Gasteiger partial charge in [0.05, 0.1) is 18.7 Å². The molecule has 2 fully saturated rings. The Hall–Kier alpha value is -1.79. The third kappa shape index (κ3) is 3.99. The number of rotatable bonds is 4. The number of methoxy groups -OCH3 is 1. The molecular formula is C17H24ClN3O3. The largest absolute Gasteiger partial charge is 0.494 e. The molecule has 0 spiro atoms. The predicted molar refractivity (Wildman–Crippen MR) is 96.1 cm³/mol. The van der Waals surface area contributed by atoms with Crippen molar-refractivity contribution in [1.82, 2.24) is 5.32 Å². The standard InChI is InChI=1S/C17H23N3O3.ClH/c1-23-15-10-13(19-17(22)12-4-2-8-18-11-12)6-7-14(15)20-9-3-5-16(20)21;/h6-7,10,12,18H,2-5,8-9,11H2,1H3,(H,19,22);1H/t12-;/m1./s1. The normalized spacial score (nSPS) is 20.5. The van der Waals surface area contributed by atoms with Crippen LogP contribution in [-0.4, -0.2) is 38.6 Å². The fraction of sp³-hybridized carbons (Fsp3) is 0.529. The fourth-order valence-corrected chi connectivity index (χ4v) is 3.20. The molecule has 3 rings (SSSR count). The van der Waals surface area contributed by atoms with Crippen LogP contribution in [0.2, 0.25) is 0 Å². The zero-order valence-corrected chi connectivity index (χ0v) is 14.7. The summed E-state index contributed by atoms with van der Waals surface area (Å²) >= 11 is 0. The first kappa shape index (κ1) is 18.5. The van der Waals surface area contributed by atoms with Gasteiger partial charge in [-0.2, -0.15) is 0 Å². The van der Waals surface area contributed by atoms with E-state index in [1.54, 1.807) is 18.1 Å². The van der Waals surface area contributed by atoms with Gasteiger partial charge in [-0.25, -0.2) is 0 Å². The summed E-state index contributed by atoms with van der Waals surface area (Å²) in [5.74, 6) is 0.770. The average molecular weight is 354 g/mol. The third-order valence-corrected chi connectivity index (χ3v) is 4.48. The van der Waals surface area contributed by atoms with Gasteiger partial charge in [-0.05, 0) is 37.9 Å². The van der Waals surface area contributed by atoms with Crippen LogP contribution in [0.5, 0.6) is 5.75 Å². The fourth-order valence-electron chi connectivity index (χ4n) is 3.20. The molecule has 1 aromatic carbocycles. The molecule has 2 aliphatic heterocycles. The van der Waals surface area contributed by atoms with Crippen LogP contribution in [0.4, 0.5) is 11.4 Å². The molecule has 2 heterocycles. The lowest BCUT2D eigenvalue weighted by atomic mass is 9.99. The molecule has 6 nitrogen and oxygen atoms in total. The number of anilines is 2. The van der Waals surface area contributed by atoms with Gasteiger partial charge in [0.2, 0.25) is 11.8 Å². The monoisotopic (exact) mass is 353 g/mol. The molecule has 132 valence electrons. The first-order valence-corrected chi connectivity index (χ1v) is 8.19. The number of hydrogen-bond donors (Lipinski definition) is 2. The minimum absolute atomic E-state index is 0. The van der Waals surface area contributed by atoms with Crippen LogP contribution < -0.4 is 20.3 Å². The van der Waals surface area contributed by atoms with E-state index in [0.717, 1.165) is 38.0 Å². The van der Waals surface area contributed by atoms with Crippen molar-refractivity contribution in [3.05, 3.63) is 18.2 Å². The summed E-state index contributed by atoms with van der Waals surface area (Å²) in [6.45, 7) is 2.42. The van der Waals surface area contributed by atoms with Crippen molar-refractivity contribution < 1.29 is 14.3 Å². The Labute approximate surface area is 148 Å². The molecule has 2 N–H and O–H groups in total. The van der Waals surface area contributed by atoms with E-state index in [0.29, 0.717) is 24.4 Å². The number of nitrogens with one attached hydrogen (secondary N) is 2. The first-order chi connectivity index (χ1) is 11.2. The Kier molecular flexibility index (Phi) is 6.45. The number of carbonyl (C=O) groups is 2.